The Hall–Kier alpha value is -2.38. The standard InChI is InChI=1S/C19H27N5O2/c1-22(2)11-12-23(14-18-4-3-13-26-18)19(25)21-16-5-7-17(8-6-16)24-10-9-20-15-24/h5-10,15,18H,3-4,11-14H2,1-2H3,(H,21,25). The number of aromatic nitrogens is 2. The predicted molar refractivity (Wildman–Crippen MR) is 102 cm³/mol. The van der Waals surface area contributed by atoms with E-state index in [-0.39, 0.29) is 12.1 Å². The molecule has 2 heterocycles. The lowest BCUT2D eigenvalue weighted by Crippen LogP contribution is -2.43. The zero-order chi connectivity index (χ0) is 18.4. The summed E-state index contributed by atoms with van der Waals surface area (Å²) in [7, 11) is 4.02. The number of ether oxygens (including phenoxy) is 1. The smallest absolute Gasteiger partial charge is 0.321 e. The topological polar surface area (TPSA) is 62.6 Å². The molecule has 7 heteroatoms. The van der Waals surface area contributed by atoms with Crippen molar-refractivity contribution in [3.63, 3.8) is 0 Å². The molecule has 0 saturated carbocycles. The van der Waals surface area contributed by atoms with Gasteiger partial charge in [0.15, 0.2) is 0 Å². The van der Waals surface area contributed by atoms with Crippen molar-refractivity contribution < 1.29 is 9.53 Å². The molecule has 0 spiro atoms. The van der Waals surface area contributed by atoms with E-state index in [1.807, 2.05) is 54.0 Å². The first kappa shape index (κ1) is 18.4. The maximum absolute atomic E-state index is 12.8. The van der Waals surface area contributed by atoms with Crippen LogP contribution in [-0.4, -0.2) is 71.8 Å². The van der Waals surface area contributed by atoms with Crippen LogP contribution >= 0.6 is 0 Å². The lowest BCUT2D eigenvalue weighted by atomic mass is 10.2. The van der Waals surface area contributed by atoms with Crippen LogP contribution in [-0.2, 0) is 4.74 Å². The van der Waals surface area contributed by atoms with E-state index >= 15 is 0 Å². The number of imidazole rings is 1. The summed E-state index contributed by atoms with van der Waals surface area (Å²) in [6, 6.07) is 7.65. The Balaban J connectivity index is 1.61. The van der Waals surface area contributed by atoms with E-state index in [0.29, 0.717) is 13.1 Å². The molecule has 7 nitrogen and oxygen atoms in total. The monoisotopic (exact) mass is 357 g/mol. The van der Waals surface area contributed by atoms with Crippen LogP contribution in [0.15, 0.2) is 43.0 Å². The number of nitrogens with zero attached hydrogens (tertiary/aromatic N) is 4. The van der Waals surface area contributed by atoms with Gasteiger partial charge in [0.25, 0.3) is 0 Å². The van der Waals surface area contributed by atoms with Crippen molar-refractivity contribution in [3.05, 3.63) is 43.0 Å². The third-order valence-electron chi connectivity index (χ3n) is 4.47. The van der Waals surface area contributed by atoms with Crippen molar-refractivity contribution >= 4 is 11.7 Å². The van der Waals surface area contributed by atoms with Crippen molar-refractivity contribution in [3.8, 4) is 5.69 Å². The Morgan fingerprint density at radius 2 is 2.12 bits per heavy atom. The fourth-order valence-electron chi connectivity index (χ4n) is 2.96. The normalized spacial score (nSPS) is 16.8. The average Bonchev–Trinajstić information content (AvgIpc) is 3.33. The Bertz CT molecular complexity index is 678. The van der Waals surface area contributed by atoms with Gasteiger partial charge in [-0.3, -0.25) is 0 Å². The minimum Gasteiger partial charge on any atom is -0.376 e. The average molecular weight is 357 g/mol. The Labute approximate surface area is 154 Å². The SMILES string of the molecule is CN(C)CCN(CC1CCCO1)C(=O)Nc1ccc(-n2ccnc2)cc1. The van der Waals surface area contributed by atoms with Gasteiger partial charge in [0.2, 0.25) is 0 Å². The maximum atomic E-state index is 12.8. The molecule has 1 unspecified atom stereocenters. The van der Waals surface area contributed by atoms with E-state index in [9.17, 15) is 4.79 Å². The maximum Gasteiger partial charge on any atom is 0.321 e. The molecule has 2 aromatic rings. The fraction of sp³-hybridized carbons (Fsp3) is 0.474. The first-order chi connectivity index (χ1) is 12.6. The zero-order valence-corrected chi connectivity index (χ0v) is 15.5. The fourth-order valence-corrected chi connectivity index (χ4v) is 2.96. The lowest BCUT2D eigenvalue weighted by Gasteiger charge is -2.27. The van der Waals surface area contributed by atoms with Gasteiger partial charge in [0, 0.05) is 50.0 Å². The Morgan fingerprint density at radius 3 is 2.73 bits per heavy atom. The first-order valence-electron chi connectivity index (χ1n) is 9.02. The molecule has 140 valence electrons. The molecule has 1 aromatic heterocycles. The number of carbonyl (C=O) groups is 1. The van der Waals surface area contributed by atoms with Gasteiger partial charge < -0.3 is 24.4 Å². The predicted octanol–water partition coefficient (Wildman–Crippen LogP) is 2.45. The van der Waals surface area contributed by atoms with Gasteiger partial charge in [-0.1, -0.05) is 0 Å². The second kappa shape index (κ2) is 8.82. The summed E-state index contributed by atoms with van der Waals surface area (Å²) in [6.45, 7) is 2.92. The van der Waals surface area contributed by atoms with E-state index in [0.717, 1.165) is 37.4 Å². The number of hydrogen-bond acceptors (Lipinski definition) is 4. The highest BCUT2D eigenvalue weighted by atomic mass is 16.5. The number of hydrogen-bond donors (Lipinski definition) is 1. The molecular formula is C19H27N5O2. The Morgan fingerprint density at radius 1 is 1.31 bits per heavy atom. The summed E-state index contributed by atoms with van der Waals surface area (Å²) in [5.41, 5.74) is 1.78. The molecule has 26 heavy (non-hydrogen) atoms. The molecule has 1 aliphatic rings. The molecule has 1 atom stereocenters. The summed E-state index contributed by atoms with van der Waals surface area (Å²) in [5.74, 6) is 0. The molecule has 0 aliphatic carbocycles. The molecule has 1 saturated heterocycles. The molecule has 1 N–H and O–H groups in total. The van der Waals surface area contributed by atoms with Gasteiger partial charge in [-0.2, -0.15) is 0 Å². The summed E-state index contributed by atoms with van der Waals surface area (Å²) >= 11 is 0. The molecule has 3 rings (SSSR count). The van der Waals surface area contributed by atoms with Crippen molar-refractivity contribution in [2.24, 2.45) is 0 Å². The molecule has 0 radical (unpaired) electrons. The third kappa shape index (κ3) is 5.06. The second-order valence-electron chi connectivity index (χ2n) is 6.83. The van der Waals surface area contributed by atoms with Crippen LogP contribution in [0.3, 0.4) is 0 Å². The Kier molecular flexibility index (Phi) is 6.25. The molecule has 1 aliphatic heterocycles. The van der Waals surface area contributed by atoms with Crippen LogP contribution < -0.4 is 5.32 Å². The van der Waals surface area contributed by atoms with Crippen molar-refractivity contribution in [1.29, 1.82) is 0 Å². The van der Waals surface area contributed by atoms with Gasteiger partial charge in [0.1, 0.15) is 0 Å². The lowest BCUT2D eigenvalue weighted by molar-refractivity contribution is 0.0820. The van der Waals surface area contributed by atoms with Crippen molar-refractivity contribution in [1.82, 2.24) is 19.4 Å². The van der Waals surface area contributed by atoms with E-state index in [4.69, 9.17) is 4.74 Å². The molecular weight excluding hydrogens is 330 g/mol. The van der Waals surface area contributed by atoms with E-state index in [1.54, 1.807) is 12.5 Å². The third-order valence-corrected chi connectivity index (χ3v) is 4.47. The molecule has 2 amide bonds. The number of nitrogens with one attached hydrogen (secondary N) is 1. The summed E-state index contributed by atoms with van der Waals surface area (Å²) in [6.07, 6.45) is 7.61. The van der Waals surface area contributed by atoms with Gasteiger partial charge >= 0.3 is 6.03 Å². The highest BCUT2D eigenvalue weighted by molar-refractivity contribution is 5.89. The van der Waals surface area contributed by atoms with E-state index in [1.165, 1.54) is 0 Å². The van der Waals surface area contributed by atoms with Gasteiger partial charge in [0.05, 0.1) is 12.4 Å². The number of likely N-dealkylation sites (N-methyl/N-ethyl adjacent to an activating group) is 1. The van der Waals surface area contributed by atoms with Crippen LogP contribution in [0.2, 0.25) is 0 Å². The molecule has 0 bridgehead atoms. The van der Waals surface area contributed by atoms with Gasteiger partial charge in [-0.15, -0.1) is 0 Å². The highest BCUT2D eigenvalue weighted by Crippen LogP contribution is 2.16. The number of benzene rings is 1. The van der Waals surface area contributed by atoms with E-state index < -0.39 is 0 Å². The molecule has 1 fully saturated rings. The number of carbonyl (C=O) groups excluding carboxylic acids is 1. The second-order valence-corrected chi connectivity index (χ2v) is 6.83. The highest BCUT2D eigenvalue weighted by Gasteiger charge is 2.22. The van der Waals surface area contributed by atoms with Crippen LogP contribution in [0.25, 0.3) is 5.69 Å². The van der Waals surface area contributed by atoms with E-state index in [2.05, 4.69) is 15.2 Å². The van der Waals surface area contributed by atoms with Crippen molar-refractivity contribution in [2.45, 2.75) is 18.9 Å². The van der Waals surface area contributed by atoms with Crippen LogP contribution in [0.4, 0.5) is 10.5 Å². The van der Waals surface area contributed by atoms with Crippen LogP contribution in [0, 0.1) is 0 Å². The number of anilines is 1. The molecule has 1 aromatic carbocycles. The summed E-state index contributed by atoms with van der Waals surface area (Å²) < 4.78 is 7.63. The van der Waals surface area contributed by atoms with Gasteiger partial charge in [-0.05, 0) is 51.2 Å². The number of rotatable bonds is 7. The largest absolute Gasteiger partial charge is 0.376 e. The minimum absolute atomic E-state index is 0.0854. The summed E-state index contributed by atoms with van der Waals surface area (Å²) in [4.78, 5) is 20.7. The first-order valence-corrected chi connectivity index (χ1v) is 9.02. The zero-order valence-electron chi connectivity index (χ0n) is 15.5. The van der Waals surface area contributed by atoms with Crippen molar-refractivity contribution in [2.75, 3.05) is 45.7 Å². The summed E-state index contributed by atoms with van der Waals surface area (Å²) in [5, 5.41) is 3.00. The van der Waals surface area contributed by atoms with Crippen LogP contribution in [0.5, 0.6) is 0 Å². The number of amides is 2. The minimum atomic E-state index is -0.0854. The number of urea groups is 1. The van der Waals surface area contributed by atoms with Crippen LogP contribution in [0.1, 0.15) is 12.8 Å². The van der Waals surface area contributed by atoms with Gasteiger partial charge in [-0.25, -0.2) is 9.78 Å². The quantitative estimate of drug-likeness (QED) is 0.827.